The second-order valence-electron chi connectivity index (χ2n) is 11.9. The number of carbonyl (C=O) groups excluding carboxylic acids is 2. The van der Waals surface area contributed by atoms with Crippen molar-refractivity contribution in [1.82, 2.24) is 0 Å². The molecule has 0 radical (unpaired) electrons. The number of rotatable bonds is 14. The summed E-state index contributed by atoms with van der Waals surface area (Å²) in [5, 5.41) is 20.1. The average molecular weight is 495 g/mol. The van der Waals surface area contributed by atoms with Crippen LogP contribution < -0.4 is 0 Å². The Labute approximate surface area is 210 Å². The number of unbranched alkanes of at least 4 members (excludes halogenated alkanes) is 6. The zero-order chi connectivity index (χ0) is 26.7. The van der Waals surface area contributed by atoms with Crippen molar-refractivity contribution in [3.8, 4) is 0 Å². The minimum atomic E-state index is -1.33. The lowest BCUT2D eigenvalue weighted by molar-refractivity contribution is -0.221. The van der Waals surface area contributed by atoms with E-state index in [0.29, 0.717) is 25.7 Å². The van der Waals surface area contributed by atoms with Gasteiger partial charge < -0.3 is 14.9 Å². The zero-order valence-corrected chi connectivity index (χ0v) is 22.6. The molecular formula is C28H46O7. The molecule has 35 heavy (non-hydrogen) atoms. The molecule has 0 aliphatic heterocycles. The topological polar surface area (TPSA) is 118 Å². The Bertz CT molecular complexity index is 756. The van der Waals surface area contributed by atoms with Gasteiger partial charge in [0.2, 0.25) is 0 Å². The molecular weight excluding hydrogens is 448 g/mol. The van der Waals surface area contributed by atoms with Gasteiger partial charge in [0, 0.05) is 0 Å². The quantitative estimate of drug-likeness (QED) is 0.167. The summed E-state index contributed by atoms with van der Waals surface area (Å²) < 4.78 is 5.33. The first-order valence-corrected chi connectivity index (χ1v) is 13.5. The summed E-state index contributed by atoms with van der Waals surface area (Å²) in [5.74, 6) is -4.15. The zero-order valence-electron chi connectivity index (χ0n) is 22.6. The first kappa shape index (κ1) is 29.3. The van der Waals surface area contributed by atoms with Gasteiger partial charge in [-0.2, -0.15) is 0 Å². The Kier molecular flexibility index (Phi) is 9.21. The molecule has 6 atom stereocenters. The summed E-state index contributed by atoms with van der Waals surface area (Å²) in [7, 11) is 0. The number of aliphatic carboxylic acids is 2. The van der Waals surface area contributed by atoms with Crippen LogP contribution in [0.15, 0.2) is 0 Å². The molecule has 0 spiro atoms. The third-order valence-electron chi connectivity index (χ3n) is 10.0. The fraction of sp³-hybridized carbons (Fsp3) is 0.857. The van der Waals surface area contributed by atoms with Crippen LogP contribution in [0, 0.1) is 33.5 Å². The van der Waals surface area contributed by atoms with Crippen LogP contribution in [0.4, 0.5) is 0 Å². The molecule has 2 N–H and O–H groups in total. The molecule has 0 aromatic rings. The van der Waals surface area contributed by atoms with Gasteiger partial charge in [-0.1, -0.05) is 65.2 Å². The monoisotopic (exact) mass is 494 g/mol. The molecule has 2 fully saturated rings. The number of esters is 2. The van der Waals surface area contributed by atoms with Crippen molar-refractivity contribution < 1.29 is 34.1 Å². The highest BCUT2D eigenvalue weighted by molar-refractivity contribution is 5.98. The molecule has 0 heterocycles. The Morgan fingerprint density at radius 2 is 1.00 bits per heavy atom. The fourth-order valence-corrected chi connectivity index (χ4v) is 6.59. The number of carboxylic acid groups (broad SMARTS) is 2. The highest BCUT2D eigenvalue weighted by atomic mass is 16.6. The van der Waals surface area contributed by atoms with Crippen molar-refractivity contribution in [3.05, 3.63) is 0 Å². The lowest BCUT2D eigenvalue weighted by Crippen LogP contribution is -2.66. The molecule has 0 saturated heterocycles. The highest BCUT2D eigenvalue weighted by Gasteiger charge is 2.71. The third-order valence-corrected chi connectivity index (χ3v) is 10.0. The number of ether oxygens (including phenoxy) is 1. The van der Waals surface area contributed by atoms with Gasteiger partial charge in [0.25, 0.3) is 0 Å². The van der Waals surface area contributed by atoms with Crippen molar-refractivity contribution in [2.24, 2.45) is 33.5 Å². The van der Waals surface area contributed by atoms with Crippen LogP contribution in [0.3, 0.4) is 0 Å². The molecule has 200 valence electrons. The van der Waals surface area contributed by atoms with Crippen molar-refractivity contribution >= 4 is 23.9 Å². The lowest BCUT2D eigenvalue weighted by atomic mass is 9.43. The van der Waals surface area contributed by atoms with E-state index in [4.69, 9.17) is 4.74 Å². The van der Waals surface area contributed by atoms with E-state index in [2.05, 4.69) is 13.8 Å². The Balaban J connectivity index is 2.12. The van der Waals surface area contributed by atoms with Gasteiger partial charge in [-0.25, -0.2) is 0 Å². The Morgan fingerprint density at radius 3 is 1.29 bits per heavy atom. The van der Waals surface area contributed by atoms with Crippen LogP contribution in [-0.4, -0.2) is 34.1 Å². The number of carboxylic acids is 2. The number of carbonyl (C=O) groups is 4. The standard InChI is InChI=1S/C28H46O7/c1-7-9-11-13-15-19-17-25(3,27(19,5)21(29)30)23(33)35-24(34)26(4)18-20(16-14-12-10-8-2)28(26,6)22(31)32/h19-20H,7-18H2,1-6H3,(H,29,30)(H,31,32). The van der Waals surface area contributed by atoms with Crippen LogP contribution in [-0.2, 0) is 23.9 Å². The average Bonchev–Trinajstić information content (AvgIpc) is 2.80. The number of hydrogen-bond acceptors (Lipinski definition) is 5. The van der Waals surface area contributed by atoms with E-state index >= 15 is 0 Å². The van der Waals surface area contributed by atoms with Crippen molar-refractivity contribution in [3.63, 3.8) is 0 Å². The predicted octanol–water partition coefficient (Wildman–Crippen LogP) is 6.23. The second-order valence-corrected chi connectivity index (χ2v) is 11.9. The molecule has 2 saturated carbocycles. The van der Waals surface area contributed by atoms with E-state index in [9.17, 15) is 29.4 Å². The highest BCUT2D eigenvalue weighted by Crippen LogP contribution is 2.65. The van der Waals surface area contributed by atoms with Crippen molar-refractivity contribution in [2.75, 3.05) is 0 Å². The van der Waals surface area contributed by atoms with Crippen LogP contribution >= 0.6 is 0 Å². The van der Waals surface area contributed by atoms with Gasteiger partial charge in [0.1, 0.15) is 0 Å². The van der Waals surface area contributed by atoms with Crippen molar-refractivity contribution in [1.29, 1.82) is 0 Å². The smallest absolute Gasteiger partial charge is 0.320 e. The van der Waals surface area contributed by atoms with E-state index in [1.54, 1.807) is 27.7 Å². The van der Waals surface area contributed by atoms with Gasteiger partial charge in [-0.3, -0.25) is 19.2 Å². The largest absolute Gasteiger partial charge is 0.481 e. The lowest BCUT2D eigenvalue weighted by Gasteiger charge is -2.59. The third kappa shape index (κ3) is 4.76. The number of hydrogen-bond donors (Lipinski definition) is 2. The molecule has 7 nitrogen and oxygen atoms in total. The molecule has 0 aromatic heterocycles. The molecule has 0 bridgehead atoms. The summed E-state index contributed by atoms with van der Waals surface area (Å²) in [4.78, 5) is 51.0. The maximum atomic E-state index is 13.2. The predicted molar refractivity (Wildman–Crippen MR) is 133 cm³/mol. The summed E-state index contributed by atoms with van der Waals surface area (Å²) in [5.41, 5.74) is -5.31. The fourth-order valence-electron chi connectivity index (χ4n) is 6.59. The van der Waals surface area contributed by atoms with Gasteiger partial charge >= 0.3 is 23.9 Å². The molecule has 2 rings (SSSR count). The van der Waals surface area contributed by atoms with Crippen LogP contribution in [0.2, 0.25) is 0 Å². The van der Waals surface area contributed by atoms with Crippen LogP contribution in [0.5, 0.6) is 0 Å². The summed E-state index contributed by atoms with van der Waals surface area (Å²) >= 11 is 0. The second kappa shape index (κ2) is 11.0. The van der Waals surface area contributed by atoms with Gasteiger partial charge in [-0.05, 0) is 65.2 Å². The minimum Gasteiger partial charge on any atom is -0.481 e. The minimum absolute atomic E-state index is 0.166. The van der Waals surface area contributed by atoms with Gasteiger partial charge in [0.15, 0.2) is 0 Å². The molecule has 2 aliphatic carbocycles. The summed E-state index contributed by atoms with van der Waals surface area (Å²) in [6, 6.07) is 0. The molecule has 2 aliphatic rings. The molecule has 0 amide bonds. The van der Waals surface area contributed by atoms with Gasteiger partial charge in [-0.15, -0.1) is 0 Å². The normalized spacial score (nSPS) is 36.1. The van der Waals surface area contributed by atoms with E-state index in [0.717, 1.165) is 51.4 Å². The molecule has 0 aromatic carbocycles. The van der Waals surface area contributed by atoms with E-state index in [1.165, 1.54) is 0 Å². The van der Waals surface area contributed by atoms with E-state index in [-0.39, 0.29) is 11.8 Å². The Morgan fingerprint density at radius 1 is 0.657 bits per heavy atom. The van der Waals surface area contributed by atoms with Crippen molar-refractivity contribution in [2.45, 2.75) is 119 Å². The first-order chi connectivity index (χ1) is 16.3. The van der Waals surface area contributed by atoms with E-state index in [1.807, 2.05) is 0 Å². The van der Waals surface area contributed by atoms with Gasteiger partial charge in [0.05, 0.1) is 21.7 Å². The van der Waals surface area contributed by atoms with E-state index < -0.39 is 45.5 Å². The maximum absolute atomic E-state index is 13.2. The summed E-state index contributed by atoms with van der Waals surface area (Å²) in [6.45, 7) is 10.5. The van der Waals surface area contributed by atoms with Crippen LogP contribution in [0.1, 0.15) is 119 Å². The SMILES string of the molecule is CCCCCCC1CC(C)(C(=O)OC(=O)C2(C)CC(CCCCCC)C2(C)C(=O)O)C1(C)C(=O)O. The first-order valence-electron chi connectivity index (χ1n) is 13.5. The molecule has 7 heteroatoms. The maximum Gasteiger partial charge on any atom is 0.320 e. The molecule has 6 unspecified atom stereocenters. The Hall–Kier alpha value is -1.92. The van der Waals surface area contributed by atoms with Crippen LogP contribution in [0.25, 0.3) is 0 Å². The summed E-state index contributed by atoms with van der Waals surface area (Å²) in [6.07, 6.45) is 10.3.